The standard InChI is InChI=1S/C18H20ClN3O4/c1-24-18(23)11-4-2-10(3-5-11)16-21-22-17(26-16)15-9-20-13-8-12(19)6-7-14(13)25-15/h6-8,10-11,15,20H,2-5,9H2,1H3. The Hall–Kier alpha value is -2.28. The second kappa shape index (κ2) is 7.15. The first-order valence-electron chi connectivity index (χ1n) is 8.75. The van der Waals surface area contributed by atoms with Crippen LogP contribution in [-0.4, -0.2) is 29.8 Å². The molecule has 1 aliphatic carbocycles. The van der Waals surface area contributed by atoms with Crippen LogP contribution in [0.4, 0.5) is 5.69 Å². The first-order valence-corrected chi connectivity index (χ1v) is 9.13. The van der Waals surface area contributed by atoms with Crippen molar-refractivity contribution >= 4 is 23.3 Å². The van der Waals surface area contributed by atoms with Crippen LogP contribution in [0, 0.1) is 5.92 Å². The van der Waals surface area contributed by atoms with Gasteiger partial charge in [-0.1, -0.05) is 11.6 Å². The molecule has 1 saturated carbocycles. The molecule has 8 heteroatoms. The van der Waals surface area contributed by atoms with Crippen LogP contribution < -0.4 is 10.1 Å². The molecule has 7 nitrogen and oxygen atoms in total. The molecule has 1 aromatic heterocycles. The lowest BCUT2D eigenvalue weighted by atomic mass is 9.82. The number of nitrogens with one attached hydrogen (secondary N) is 1. The Morgan fingerprint density at radius 3 is 2.77 bits per heavy atom. The second-order valence-electron chi connectivity index (χ2n) is 6.68. The number of anilines is 1. The molecular weight excluding hydrogens is 358 g/mol. The smallest absolute Gasteiger partial charge is 0.308 e. The third kappa shape index (κ3) is 3.35. The lowest BCUT2D eigenvalue weighted by molar-refractivity contribution is -0.146. The first kappa shape index (κ1) is 17.1. The number of benzene rings is 1. The van der Waals surface area contributed by atoms with Crippen LogP contribution in [0.3, 0.4) is 0 Å². The molecule has 4 rings (SSSR count). The van der Waals surface area contributed by atoms with E-state index in [1.54, 1.807) is 6.07 Å². The Morgan fingerprint density at radius 1 is 1.23 bits per heavy atom. The summed E-state index contributed by atoms with van der Waals surface area (Å²) in [5.41, 5.74) is 0.856. The van der Waals surface area contributed by atoms with Gasteiger partial charge in [-0.3, -0.25) is 4.79 Å². The van der Waals surface area contributed by atoms with Crippen LogP contribution in [0.15, 0.2) is 22.6 Å². The molecule has 0 radical (unpaired) electrons. The van der Waals surface area contributed by atoms with Gasteiger partial charge in [-0.25, -0.2) is 0 Å². The highest BCUT2D eigenvalue weighted by molar-refractivity contribution is 6.30. The van der Waals surface area contributed by atoms with Crippen molar-refractivity contribution in [3.05, 3.63) is 35.0 Å². The van der Waals surface area contributed by atoms with Crippen LogP contribution in [0.25, 0.3) is 0 Å². The van der Waals surface area contributed by atoms with E-state index in [0.717, 1.165) is 31.4 Å². The van der Waals surface area contributed by atoms with Crippen molar-refractivity contribution in [3.63, 3.8) is 0 Å². The number of ether oxygens (including phenoxy) is 2. The summed E-state index contributed by atoms with van der Waals surface area (Å²) in [6, 6.07) is 5.43. The Labute approximate surface area is 156 Å². The largest absolute Gasteiger partial charge is 0.477 e. The molecule has 1 N–H and O–H groups in total. The molecule has 0 amide bonds. The summed E-state index contributed by atoms with van der Waals surface area (Å²) < 4.78 is 16.7. The quantitative estimate of drug-likeness (QED) is 0.815. The van der Waals surface area contributed by atoms with E-state index < -0.39 is 0 Å². The highest BCUT2D eigenvalue weighted by Crippen LogP contribution is 2.38. The molecule has 2 aliphatic rings. The summed E-state index contributed by atoms with van der Waals surface area (Å²) in [6.45, 7) is 0.532. The zero-order valence-electron chi connectivity index (χ0n) is 14.4. The maximum absolute atomic E-state index is 11.6. The van der Waals surface area contributed by atoms with E-state index >= 15 is 0 Å². The maximum Gasteiger partial charge on any atom is 0.308 e. The topological polar surface area (TPSA) is 86.5 Å². The van der Waals surface area contributed by atoms with Gasteiger partial charge in [-0.2, -0.15) is 0 Å². The van der Waals surface area contributed by atoms with Gasteiger partial charge in [0.2, 0.25) is 5.89 Å². The van der Waals surface area contributed by atoms with Gasteiger partial charge in [0.25, 0.3) is 5.89 Å². The van der Waals surface area contributed by atoms with Gasteiger partial charge in [0.05, 0.1) is 25.3 Å². The van der Waals surface area contributed by atoms with Crippen molar-refractivity contribution in [3.8, 4) is 5.75 Å². The summed E-state index contributed by atoms with van der Waals surface area (Å²) in [4.78, 5) is 11.6. The van der Waals surface area contributed by atoms with Crippen molar-refractivity contribution in [2.24, 2.45) is 5.92 Å². The molecule has 1 aliphatic heterocycles. The Bertz CT molecular complexity index is 801. The number of rotatable bonds is 3. The summed E-state index contributed by atoms with van der Waals surface area (Å²) in [7, 11) is 1.43. The number of carbonyl (C=O) groups excluding carboxylic acids is 1. The summed E-state index contributed by atoms with van der Waals surface area (Å²) in [6.07, 6.45) is 2.91. The summed E-state index contributed by atoms with van der Waals surface area (Å²) in [5, 5.41) is 12.3. The number of hydrogen-bond acceptors (Lipinski definition) is 7. The van der Waals surface area contributed by atoms with Crippen molar-refractivity contribution < 1.29 is 18.7 Å². The first-order chi connectivity index (χ1) is 12.6. The van der Waals surface area contributed by atoms with Gasteiger partial charge in [0.1, 0.15) is 5.75 Å². The highest BCUT2D eigenvalue weighted by Gasteiger charge is 2.32. The van der Waals surface area contributed by atoms with Crippen LogP contribution in [0.1, 0.15) is 49.5 Å². The Balaban J connectivity index is 1.41. The van der Waals surface area contributed by atoms with E-state index in [-0.39, 0.29) is 23.9 Å². The van der Waals surface area contributed by atoms with Crippen molar-refractivity contribution in [1.82, 2.24) is 10.2 Å². The van der Waals surface area contributed by atoms with E-state index in [9.17, 15) is 4.79 Å². The molecule has 1 aromatic carbocycles. The number of carbonyl (C=O) groups is 1. The second-order valence-corrected chi connectivity index (χ2v) is 7.11. The Kier molecular flexibility index (Phi) is 4.72. The monoisotopic (exact) mass is 377 g/mol. The predicted octanol–water partition coefficient (Wildman–Crippen LogP) is 3.72. The van der Waals surface area contributed by atoms with Gasteiger partial charge in [0.15, 0.2) is 6.10 Å². The third-order valence-corrected chi connectivity index (χ3v) is 5.27. The number of hydrogen-bond donors (Lipinski definition) is 1. The number of halogens is 1. The molecule has 0 bridgehead atoms. The minimum Gasteiger partial charge on any atom is -0.477 e. The van der Waals surface area contributed by atoms with E-state index in [1.807, 2.05) is 12.1 Å². The highest BCUT2D eigenvalue weighted by atomic mass is 35.5. The lowest BCUT2D eigenvalue weighted by Gasteiger charge is -2.25. The predicted molar refractivity (Wildman–Crippen MR) is 94.3 cm³/mol. The molecule has 1 unspecified atom stereocenters. The minimum absolute atomic E-state index is 0.0205. The van der Waals surface area contributed by atoms with E-state index in [0.29, 0.717) is 29.1 Å². The van der Waals surface area contributed by atoms with Crippen LogP contribution >= 0.6 is 11.6 Å². The number of nitrogens with zero attached hydrogens (tertiary/aromatic N) is 2. The van der Waals surface area contributed by atoms with Gasteiger partial charge < -0.3 is 19.2 Å². The number of fused-ring (bicyclic) bond motifs is 1. The number of aromatic nitrogens is 2. The average Bonchev–Trinajstić information content (AvgIpc) is 3.17. The van der Waals surface area contributed by atoms with E-state index in [1.165, 1.54) is 7.11 Å². The van der Waals surface area contributed by atoms with Gasteiger partial charge in [-0.15, -0.1) is 10.2 Å². The molecule has 26 heavy (non-hydrogen) atoms. The van der Waals surface area contributed by atoms with Gasteiger partial charge in [-0.05, 0) is 43.9 Å². The Morgan fingerprint density at radius 2 is 2.00 bits per heavy atom. The van der Waals surface area contributed by atoms with Crippen molar-refractivity contribution in [2.75, 3.05) is 19.0 Å². The zero-order valence-corrected chi connectivity index (χ0v) is 15.2. The van der Waals surface area contributed by atoms with E-state index in [2.05, 4.69) is 15.5 Å². The SMILES string of the molecule is COC(=O)C1CCC(c2nnc(C3CNc4cc(Cl)ccc4O3)o2)CC1. The number of methoxy groups -OCH3 is 1. The molecule has 1 fully saturated rings. The fourth-order valence-corrected chi connectivity index (χ4v) is 3.73. The van der Waals surface area contributed by atoms with Crippen molar-refractivity contribution in [1.29, 1.82) is 0 Å². The fraction of sp³-hybridized carbons (Fsp3) is 0.500. The molecule has 2 aromatic rings. The lowest BCUT2D eigenvalue weighted by Crippen LogP contribution is -2.24. The molecule has 2 heterocycles. The minimum atomic E-state index is -0.337. The normalized spacial score (nSPS) is 24.9. The van der Waals surface area contributed by atoms with E-state index in [4.69, 9.17) is 25.5 Å². The molecular formula is C18H20ClN3O4. The average molecular weight is 378 g/mol. The van der Waals surface area contributed by atoms with Gasteiger partial charge >= 0.3 is 5.97 Å². The zero-order chi connectivity index (χ0) is 18.1. The maximum atomic E-state index is 11.6. The van der Waals surface area contributed by atoms with Gasteiger partial charge in [0, 0.05) is 10.9 Å². The summed E-state index contributed by atoms with van der Waals surface area (Å²) >= 11 is 5.99. The molecule has 138 valence electrons. The third-order valence-electron chi connectivity index (χ3n) is 5.03. The number of esters is 1. The van der Waals surface area contributed by atoms with Crippen LogP contribution in [-0.2, 0) is 9.53 Å². The fourth-order valence-electron chi connectivity index (χ4n) is 3.56. The van der Waals surface area contributed by atoms with Crippen LogP contribution in [0.2, 0.25) is 5.02 Å². The summed E-state index contributed by atoms with van der Waals surface area (Å²) in [5.74, 6) is 1.82. The molecule has 0 spiro atoms. The molecule has 1 atom stereocenters. The van der Waals surface area contributed by atoms with Crippen molar-refractivity contribution in [2.45, 2.75) is 37.7 Å². The molecule has 0 saturated heterocycles. The van der Waals surface area contributed by atoms with Crippen LogP contribution in [0.5, 0.6) is 5.75 Å².